The van der Waals surface area contributed by atoms with Gasteiger partial charge in [0.2, 0.25) is 0 Å². The predicted octanol–water partition coefficient (Wildman–Crippen LogP) is 22.1. The van der Waals surface area contributed by atoms with E-state index in [1.54, 1.807) is 0 Å². The second kappa shape index (κ2) is 61.7. The first-order valence-electron chi connectivity index (χ1n) is 32.7. The zero-order valence-electron chi connectivity index (χ0n) is 49.0. The molecule has 6 heteroatoms. The van der Waals surface area contributed by atoms with Crippen molar-refractivity contribution in [2.75, 3.05) is 13.2 Å². The topological polar surface area (TPSA) is 78.9 Å². The number of unbranched alkanes of at least 4 members (excludes halogenated alkanes) is 48. The molecular weight excluding hydrogens is 889 g/mol. The van der Waals surface area contributed by atoms with Crippen LogP contribution in [0.25, 0.3) is 0 Å². The van der Waals surface area contributed by atoms with Crippen molar-refractivity contribution in [3.8, 4) is 0 Å². The first-order valence-corrected chi connectivity index (χ1v) is 32.7. The minimum atomic E-state index is -0.768. The second-order valence-electron chi connectivity index (χ2n) is 22.4. The van der Waals surface area contributed by atoms with Crippen LogP contribution in [0.5, 0.6) is 0 Å². The molecule has 0 amide bonds. The molecule has 0 bridgehead atoms. The average Bonchev–Trinajstić information content (AvgIpc) is 3.38. The van der Waals surface area contributed by atoms with Crippen molar-refractivity contribution in [3.63, 3.8) is 0 Å². The Bertz CT molecular complexity index is 1120. The van der Waals surface area contributed by atoms with Crippen LogP contribution in [0, 0.1) is 0 Å². The minimum absolute atomic E-state index is 0.0678. The molecule has 426 valence electrons. The summed E-state index contributed by atoms with van der Waals surface area (Å²) in [5.74, 6) is -0.856. The molecule has 0 radical (unpaired) electrons. The molecule has 6 nitrogen and oxygen atoms in total. The Balaban J connectivity index is 4.01. The van der Waals surface area contributed by atoms with Gasteiger partial charge in [0.1, 0.15) is 13.2 Å². The van der Waals surface area contributed by atoms with Gasteiger partial charge in [0.05, 0.1) is 0 Å². The van der Waals surface area contributed by atoms with Crippen molar-refractivity contribution in [1.82, 2.24) is 0 Å². The lowest BCUT2D eigenvalue weighted by Crippen LogP contribution is -2.30. The number of ether oxygens (including phenoxy) is 3. The Labute approximate surface area is 450 Å². The molecule has 0 heterocycles. The summed E-state index contributed by atoms with van der Waals surface area (Å²) < 4.78 is 16.9. The van der Waals surface area contributed by atoms with Crippen LogP contribution < -0.4 is 0 Å². The Morgan fingerprint density at radius 3 is 0.694 bits per heavy atom. The normalized spacial score (nSPS) is 12.0. The summed E-state index contributed by atoms with van der Waals surface area (Å²) in [4.78, 5) is 38.1. The fourth-order valence-electron chi connectivity index (χ4n) is 10.1. The maximum atomic E-state index is 12.8. The lowest BCUT2D eigenvalue weighted by Gasteiger charge is -2.18. The van der Waals surface area contributed by atoms with Gasteiger partial charge in [-0.25, -0.2) is 0 Å². The highest BCUT2D eigenvalue weighted by molar-refractivity contribution is 5.71. The van der Waals surface area contributed by atoms with E-state index in [1.165, 1.54) is 270 Å². The van der Waals surface area contributed by atoms with E-state index >= 15 is 0 Å². The maximum absolute atomic E-state index is 12.8. The molecule has 0 aliphatic rings. The van der Waals surface area contributed by atoms with Crippen LogP contribution in [0.4, 0.5) is 0 Å². The summed E-state index contributed by atoms with van der Waals surface area (Å²) >= 11 is 0. The zero-order valence-corrected chi connectivity index (χ0v) is 49.0. The maximum Gasteiger partial charge on any atom is 0.306 e. The third-order valence-electron chi connectivity index (χ3n) is 15.0. The highest BCUT2D eigenvalue weighted by atomic mass is 16.6. The van der Waals surface area contributed by atoms with E-state index in [0.717, 1.165) is 64.2 Å². The van der Waals surface area contributed by atoms with Crippen LogP contribution in [-0.4, -0.2) is 37.2 Å². The zero-order chi connectivity index (χ0) is 52.2. The van der Waals surface area contributed by atoms with Gasteiger partial charge in [-0.3, -0.25) is 14.4 Å². The molecule has 0 rings (SSSR count). The predicted molar refractivity (Wildman–Crippen MR) is 312 cm³/mol. The molecule has 0 aliphatic carbocycles. The summed E-state index contributed by atoms with van der Waals surface area (Å²) in [5, 5.41) is 0. The number of rotatable bonds is 61. The van der Waals surface area contributed by atoms with E-state index in [0.29, 0.717) is 19.3 Å². The minimum Gasteiger partial charge on any atom is -0.462 e. The molecule has 72 heavy (non-hydrogen) atoms. The number of allylic oxidation sites excluding steroid dienone is 2. The van der Waals surface area contributed by atoms with Crippen molar-refractivity contribution in [2.45, 2.75) is 380 Å². The molecule has 0 spiro atoms. The molecule has 1 unspecified atom stereocenters. The number of esters is 3. The largest absolute Gasteiger partial charge is 0.462 e. The molecule has 0 aromatic carbocycles. The Hall–Kier alpha value is -1.85. The van der Waals surface area contributed by atoms with Gasteiger partial charge in [-0.2, -0.15) is 0 Å². The quantitative estimate of drug-likeness (QED) is 0.0261. The smallest absolute Gasteiger partial charge is 0.306 e. The molecule has 0 fully saturated rings. The highest BCUT2D eigenvalue weighted by Gasteiger charge is 2.19. The van der Waals surface area contributed by atoms with Crippen LogP contribution >= 0.6 is 0 Å². The molecule has 1 atom stereocenters. The Kier molecular flexibility index (Phi) is 60.1. The van der Waals surface area contributed by atoms with E-state index in [4.69, 9.17) is 14.2 Å². The van der Waals surface area contributed by atoms with Crippen molar-refractivity contribution >= 4 is 17.9 Å². The van der Waals surface area contributed by atoms with Crippen LogP contribution in [0.3, 0.4) is 0 Å². The summed E-state index contributed by atoms with van der Waals surface area (Å²) in [6.45, 7) is 6.67. The Morgan fingerprint density at radius 1 is 0.264 bits per heavy atom. The molecule has 0 aromatic heterocycles. The van der Waals surface area contributed by atoms with Crippen molar-refractivity contribution in [1.29, 1.82) is 0 Å². The van der Waals surface area contributed by atoms with Gasteiger partial charge in [0, 0.05) is 19.3 Å². The van der Waals surface area contributed by atoms with Gasteiger partial charge in [0.15, 0.2) is 6.10 Å². The van der Waals surface area contributed by atoms with E-state index in [1.807, 2.05) is 0 Å². The lowest BCUT2D eigenvalue weighted by atomic mass is 10.0. The van der Waals surface area contributed by atoms with Gasteiger partial charge < -0.3 is 14.2 Å². The van der Waals surface area contributed by atoms with Gasteiger partial charge in [0.25, 0.3) is 0 Å². The van der Waals surface area contributed by atoms with Crippen LogP contribution in [0.2, 0.25) is 0 Å². The summed E-state index contributed by atoms with van der Waals surface area (Å²) in [6, 6.07) is 0. The third kappa shape index (κ3) is 59.0. The van der Waals surface area contributed by atoms with Gasteiger partial charge in [-0.15, -0.1) is 0 Å². The SMILES string of the molecule is CCCCCCCCC/C=C\CCCCCCCC(=O)OC(COC(=O)CCCCCCCCCC)COC(=O)CCCCCCCCCCCCCCCCCCCCCCCCCCCCCCCC. The molecule has 0 saturated carbocycles. The van der Waals surface area contributed by atoms with Crippen LogP contribution in [0.1, 0.15) is 374 Å². The highest BCUT2D eigenvalue weighted by Crippen LogP contribution is 2.18. The third-order valence-corrected chi connectivity index (χ3v) is 15.0. The number of carbonyl (C=O) groups is 3. The summed E-state index contributed by atoms with van der Waals surface area (Å²) in [5.41, 5.74) is 0. The standard InChI is InChI=1S/C66H126O6/c1-4-7-10-13-16-19-21-23-25-27-28-29-30-31-32-33-34-35-36-37-38-39-40-42-43-45-47-50-53-56-59-65(68)71-62-63(61-70-64(67)58-55-52-49-18-15-12-9-6-3)72-66(69)60-57-54-51-48-46-44-41-26-24-22-20-17-14-11-8-5-2/h26,41,63H,4-25,27-40,42-62H2,1-3H3/b41-26-. The monoisotopic (exact) mass is 1010 g/mol. The van der Waals surface area contributed by atoms with E-state index < -0.39 is 6.10 Å². The molecule has 0 saturated heterocycles. The molecular formula is C66H126O6. The van der Waals surface area contributed by atoms with E-state index in [2.05, 4.69) is 32.9 Å². The van der Waals surface area contributed by atoms with E-state index in [9.17, 15) is 14.4 Å². The van der Waals surface area contributed by atoms with Gasteiger partial charge in [-0.1, -0.05) is 322 Å². The summed E-state index contributed by atoms with van der Waals surface area (Å²) in [7, 11) is 0. The van der Waals surface area contributed by atoms with Crippen molar-refractivity contribution < 1.29 is 28.6 Å². The van der Waals surface area contributed by atoms with Crippen LogP contribution in [-0.2, 0) is 28.6 Å². The second-order valence-corrected chi connectivity index (χ2v) is 22.4. The molecule has 0 aliphatic heterocycles. The first-order chi connectivity index (χ1) is 35.5. The average molecular weight is 1020 g/mol. The Morgan fingerprint density at radius 2 is 0.458 bits per heavy atom. The van der Waals surface area contributed by atoms with Crippen molar-refractivity contribution in [2.24, 2.45) is 0 Å². The first kappa shape index (κ1) is 70.1. The lowest BCUT2D eigenvalue weighted by molar-refractivity contribution is -0.167. The molecule has 0 N–H and O–H groups in total. The fourth-order valence-corrected chi connectivity index (χ4v) is 10.1. The molecule has 0 aromatic rings. The van der Waals surface area contributed by atoms with Crippen LogP contribution in [0.15, 0.2) is 12.2 Å². The number of carbonyl (C=O) groups excluding carboxylic acids is 3. The van der Waals surface area contributed by atoms with Crippen molar-refractivity contribution in [3.05, 3.63) is 12.2 Å². The van der Waals surface area contributed by atoms with Gasteiger partial charge in [-0.05, 0) is 44.9 Å². The number of hydrogen-bond donors (Lipinski definition) is 0. The summed E-state index contributed by atoms with van der Waals surface area (Å²) in [6.07, 6.45) is 72.6. The van der Waals surface area contributed by atoms with Gasteiger partial charge >= 0.3 is 17.9 Å². The van der Waals surface area contributed by atoms with E-state index in [-0.39, 0.29) is 31.1 Å². The fraction of sp³-hybridized carbons (Fsp3) is 0.924. The number of hydrogen-bond acceptors (Lipinski definition) is 6.